The monoisotopic (exact) mass is 347 g/mol. The van der Waals surface area contributed by atoms with Crippen molar-refractivity contribution < 1.29 is 23.6 Å². The fourth-order valence-corrected chi connectivity index (χ4v) is 3.09. The van der Waals surface area contributed by atoms with Crippen LogP contribution in [0.15, 0.2) is 27.3 Å². The number of aromatic nitrogens is 2. The lowest BCUT2D eigenvalue weighted by atomic mass is 9.93. The first-order valence-corrected chi connectivity index (χ1v) is 8.48. The number of carboxylic acid groups (broad SMARTS) is 1. The Morgan fingerprint density at radius 2 is 2.24 bits per heavy atom. The van der Waals surface area contributed by atoms with Gasteiger partial charge in [-0.2, -0.15) is 4.98 Å². The summed E-state index contributed by atoms with van der Waals surface area (Å²) in [4.78, 5) is 29.1. The second-order valence-corrected chi connectivity index (χ2v) is 6.27. The Hall–Kier alpha value is -2.64. The average molecular weight is 347 g/mol. The van der Waals surface area contributed by atoms with Crippen LogP contribution < -0.4 is 0 Å². The van der Waals surface area contributed by atoms with Crippen molar-refractivity contribution in [3.63, 3.8) is 0 Å². The van der Waals surface area contributed by atoms with Crippen LogP contribution in [-0.2, 0) is 16.0 Å². The molecule has 0 bridgehead atoms. The van der Waals surface area contributed by atoms with Crippen LogP contribution >= 0.6 is 0 Å². The number of carbonyl (C=O) groups is 2. The van der Waals surface area contributed by atoms with Crippen molar-refractivity contribution >= 4 is 11.9 Å². The Balaban J connectivity index is 1.48. The normalized spacial score (nSPS) is 17.6. The maximum atomic E-state index is 12.4. The van der Waals surface area contributed by atoms with Gasteiger partial charge < -0.3 is 18.9 Å². The lowest BCUT2D eigenvalue weighted by Gasteiger charge is -2.32. The van der Waals surface area contributed by atoms with Crippen LogP contribution in [0.4, 0.5) is 0 Å². The molecule has 1 saturated heterocycles. The van der Waals surface area contributed by atoms with Crippen molar-refractivity contribution in [3.8, 4) is 11.6 Å². The maximum absolute atomic E-state index is 12.4. The van der Waals surface area contributed by atoms with Crippen LogP contribution in [0.2, 0.25) is 0 Å². The predicted octanol–water partition coefficient (Wildman–Crippen LogP) is 2.37. The van der Waals surface area contributed by atoms with Gasteiger partial charge in [0.05, 0.1) is 6.26 Å². The highest BCUT2D eigenvalue weighted by Crippen LogP contribution is 2.22. The van der Waals surface area contributed by atoms with Crippen LogP contribution in [0.25, 0.3) is 11.6 Å². The number of carbonyl (C=O) groups excluding carboxylic acids is 1. The van der Waals surface area contributed by atoms with Gasteiger partial charge in [0.25, 0.3) is 0 Å². The molecule has 134 valence electrons. The third kappa shape index (κ3) is 4.68. The Labute approximate surface area is 144 Å². The second-order valence-electron chi connectivity index (χ2n) is 6.27. The van der Waals surface area contributed by atoms with Crippen molar-refractivity contribution in [2.45, 2.75) is 38.5 Å². The van der Waals surface area contributed by atoms with E-state index in [9.17, 15) is 9.59 Å². The number of piperidine rings is 1. The maximum Gasteiger partial charge on any atom is 0.303 e. The molecule has 1 fully saturated rings. The zero-order valence-electron chi connectivity index (χ0n) is 13.9. The highest BCUT2D eigenvalue weighted by molar-refractivity contribution is 5.76. The van der Waals surface area contributed by atoms with E-state index in [-0.39, 0.29) is 18.2 Å². The van der Waals surface area contributed by atoms with Crippen molar-refractivity contribution in [2.24, 2.45) is 5.92 Å². The van der Waals surface area contributed by atoms with Crippen LogP contribution in [0.5, 0.6) is 0 Å². The van der Waals surface area contributed by atoms with Crippen LogP contribution in [0, 0.1) is 5.92 Å². The molecule has 1 amide bonds. The molecule has 2 aromatic rings. The average Bonchev–Trinajstić information content (AvgIpc) is 3.29. The molecule has 8 heteroatoms. The molecule has 3 heterocycles. The summed E-state index contributed by atoms with van der Waals surface area (Å²) in [6.07, 6.45) is 4.88. The third-order valence-corrected chi connectivity index (χ3v) is 4.40. The summed E-state index contributed by atoms with van der Waals surface area (Å²) in [7, 11) is 0. The third-order valence-electron chi connectivity index (χ3n) is 4.40. The Bertz CT molecular complexity index is 710. The van der Waals surface area contributed by atoms with Gasteiger partial charge in [-0.05, 0) is 37.3 Å². The minimum absolute atomic E-state index is 0.0396. The standard InChI is InChI=1S/C17H21N3O5/c21-15(20-9-1-3-12(11-20)5-8-16(22)23)7-6-14-18-17(19-25-14)13-4-2-10-24-13/h2,4,10,12H,1,3,5-9,11H2,(H,22,23). The molecule has 1 atom stereocenters. The van der Waals surface area contributed by atoms with Crippen LogP contribution in [0.3, 0.4) is 0 Å². The minimum Gasteiger partial charge on any atom is -0.481 e. The van der Waals surface area contributed by atoms with Gasteiger partial charge in [-0.3, -0.25) is 9.59 Å². The molecule has 1 aliphatic rings. The number of likely N-dealkylation sites (tertiary alicyclic amines) is 1. The van der Waals surface area contributed by atoms with Crippen LogP contribution in [-0.4, -0.2) is 45.1 Å². The number of nitrogens with zero attached hydrogens (tertiary/aromatic N) is 3. The molecule has 0 spiro atoms. The highest BCUT2D eigenvalue weighted by Gasteiger charge is 2.24. The molecule has 0 aliphatic carbocycles. The number of amides is 1. The van der Waals surface area contributed by atoms with Gasteiger partial charge in [0.2, 0.25) is 17.6 Å². The molecule has 0 aromatic carbocycles. The number of hydrogen-bond donors (Lipinski definition) is 1. The molecule has 0 radical (unpaired) electrons. The Morgan fingerprint density at radius 3 is 3.00 bits per heavy atom. The molecule has 2 aromatic heterocycles. The Kier molecular flexibility index (Phi) is 5.47. The topological polar surface area (TPSA) is 110 Å². The number of carboxylic acids is 1. The zero-order valence-corrected chi connectivity index (χ0v) is 13.9. The molecule has 25 heavy (non-hydrogen) atoms. The molecular formula is C17H21N3O5. The van der Waals surface area contributed by atoms with E-state index in [1.807, 2.05) is 4.90 Å². The van der Waals surface area contributed by atoms with Gasteiger partial charge in [0.15, 0.2) is 5.76 Å². The number of hydrogen-bond acceptors (Lipinski definition) is 6. The van der Waals surface area contributed by atoms with E-state index in [2.05, 4.69) is 10.1 Å². The fourth-order valence-electron chi connectivity index (χ4n) is 3.09. The first kappa shape index (κ1) is 17.2. The number of rotatable bonds is 7. The number of aryl methyl sites for hydroxylation is 1. The van der Waals surface area contributed by atoms with Gasteiger partial charge >= 0.3 is 5.97 Å². The number of furan rings is 1. The van der Waals surface area contributed by atoms with E-state index < -0.39 is 5.97 Å². The predicted molar refractivity (Wildman–Crippen MR) is 86.5 cm³/mol. The molecule has 3 rings (SSSR count). The highest BCUT2D eigenvalue weighted by atomic mass is 16.5. The van der Waals surface area contributed by atoms with Gasteiger partial charge in [-0.15, -0.1) is 0 Å². The molecular weight excluding hydrogens is 326 g/mol. The quantitative estimate of drug-likeness (QED) is 0.818. The first-order chi connectivity index (χ1) is 12.1. The van der Waals surface area contributed by atoms with E-state index in [0.717, 1.165) is 19.4 Å². The number of aliphatic carboxylic acids is 1. The summed E-state index contributed by atoms with van der Waals surface area (Å²) < 4.78 is 10.4. The SMILES string of the molecule is O=C(O)CCC1CCCN(C(=O)CCc2nc(-c3ccco3)no2)C1. The van der Waals surface area contributed by atoms with E-state index in [1.54, 1.807) is 12.1 Å². The summed E-state index contributed by atoms with van der Waals surface area (Å²) in [6, 6.07) is 3.48. The van der Waals surface area contributed by atoms with E-state index in [4.69, 9.17) is 14.0 Å². The van der Waals surface area contributed by atoms with Crippen molar-refractivity contribution in [3.05, 3.63) is 24.3 Å². The first-order valence-electron chi connectivity index (χ1n) is 8.48. The molecule has 8 nitrogen and oxygen atoms in total. The smallest absolute Gasteiger partial charge is 0.303 e. The summed E-state index contributed by atoms with van der Waals surface area (Å²) in [5.41, 5.74) is 0. The van der Waals surface area contributed by atoms with Gasteiger partial charge in [-0.1, -0.05) is 5.16 Å². The lowest BCUT2D eigenvalue weighted by molar-refractivity contribution is -0.137. The van der Waals surface area contributed by atoms with E-state index in [0.29, 0.717) is 43.3 Å². The summed E-state index contributed by atoms with van der Waals surface area (Å²) in [6.45, 7) is 1.36. The van der Waals surface area contributed by atoms with E-state index in [1.165, 1.54) is 6.26 Å². The minimum atomic E-state index is -0.785. The van der Waals surface area contributed by atoms with Gasteiger partial charge in [0.1, 0.15) is 0 Å². The van der Waals surface area contributed by atoms with E-state index >= 15 is 0 Å². The van der Waals surface area contributed by atoms with Crippen LogP contribution in [0.1, 0.15) is 38.0 Å². The summed E-state index contributed by atoms with van der Waals surface area (Å²) in [5, 5.41) is 12.6. The molecule has 0 saturated carbocycles. The second kappa shape index (κ2) is 7.96. The van der Waals surface area contributed by atoms with Crippen molar-refractivity contribution in [1.82, 2.24) is 15.0 Å². The molecule has 1 aliphatic heterocycles. The summed E-state index contributed by atoms with van der Waals surface area (Å²) in [5.74, 6) is 0.824. The largest absolute Gasteiger partial charge is 0.481 e. The fraction of sp³-hybridized carbons (Fsp3) is 0.529. The lowest BCUT2D eigenvalue weighted by Crippen LogP contribution is -2.40. The zero-order chi connectivity index (χ0) is 17.6. The molecule has 1 N–H and O–H groups in total. The van der Waals surface area contributed by atoms with Gasteiger partial charge in [-0.25, -0.2) is 0 Å². The molecule has 1 unspecified atom stereocenters. The summed E-state index contributed by atoms with van der Waals surface area (Å²) >= 11 is 0. The van der Waals surface area contributed by atoms with Crippen molar-refractivity contribution in [2.75, 3.05) is 13.1 Å². The van der Waals surface area contributed by atoms with Gasteiger partial charge in [0, 0.05) is 32.4 Å². The van der Waals surface area contributed by atoms with Crippen molar-refractivity contribution in [1.29, 1.82) is 0 Å². The Morgan fingerprint density at radius 1 is 1.36 bits per heavy atom.